The van der Waals surface area contributed by atoms with E-state index < -0.39 is 6.04 Å². The fourth-order valence-corrected chi connectivity index (χ4v) is 3.91. The molecule has 178 valence electrons. The van der Waals surface area contributed by atoms with Crippen LogP contribution in [0.1, 0.15) is 25.0 Å². The van der Waals surface area contributed by atoms with Crippen molar-refractivity contribution in [2.45, 2.75) is 38.9 Å². The first kappa shape index (κ1) is 25.6. The van der Waals surface area contributed by atoms with Gasteiger partial charge in [0.1, 0.15) is 11.8 Å². The highest BCUT2D eigenvalue weighted by Gasteiger charge is 2.31. The van der Waals surface area contributed by atoms with Crippen molar-refractivity contribution in [3.05, 3.63) is 100 Å². The van der Waals surface area contributed by atoms with Crippen LogP contribution in [-0.4, -0.2) is 35.4 Å². The predicted octanol–water partition coefficient (Wildman–Crippen LogP) is 5.54. The van der Waals surface area contributed by atoms with Gasteiger partial charge in [-0.3, -0.25) is 9.59 Å². The highest BCUT2D eigenvalue weighted by atomic mass is 35.5. The van der Waals surface area contributed by atoms with Crippen molar-refractivity contribution in [3.63, 3.8) is 0 Å². The molecule has 0 aliphatic rings. The van der Waals surface area contributed by atoms with Crippen LogP contribution < -0.4 is 10.1 Å². The normalized spacial score (nSPS) is 11.7. The van der Waals surface area contributed by atoms with E-state index in [2.05, 4.69) is 5.32 Å². The summed E-state index contributed by atoms with van der Waals surface area (Å²) in [6.07, 6.45) is 0.354. The molecule has 1 atom stereocenters. The van der Waals surface area contributed by atoms with Crippen molar-refractivity contribution in [2.24, 2.45) is 0 Å². The minimum Gasteiger partial charge on any atom is -0.484 e. The number of ether oxygens (including phenoxy) is 1. The van der Waals surface area contributed by atoms with Gasteiger partial charge in [0.15, 0.2) is 6.61 Å². The van der Waals surface area contributed by atoms with E-state index in [1.807, 2.05) is 62.4 Å². The zero-order valence-corrected chi connectivity index (χ0v) is 20.7. The molecule has 3 rings (SSSR count). The number of carbonyl (C=O) groups excluding carboxylic acids is 2. The molecular weight excluding hydrogens is 471 g/mol. The maximum atomic E-state index is 13.5. The lowest BCUT2D eigenvalue weighted by Crippen LogP contribution is -2.52. The molecular formula is C27H28Cl2N2O3. The Morgan fingerprint density at radius 3 is 2.32 bits per heavy atom. The standard InChI is InChI=1S/C27H28Cl2N2O3/c1-19(2)30-27(33)25(15-20-9-4-3-5-10-20)31(17-21-11-6-7-14-24(21)29)26(32)18-34-23-13-8-12-22(28)16-23/h3-14,16,19,25H,15,17-18H2,1-2H3,(H,30,33)/t25-/m0/s1. The minimum atomic E-state index is -0.753. The summed E-state index contributed by atoms with van der Waals surface area (Å²) in [7, 11) is 0. The molecule has 0 aliphatic carbocycles. The van der Waals surface area contributed by atoms with Crippen LogP contribution in [-0.2, 0) is 22.6 Å². The number of carbonyl (C=O) groups is 2. The van der Waals surface area contributed by atoms with Crippen molar-refractivity contribution < 1.29 is 14.3 Å². The number of rotatable bonds is 10. The van der Waals surface area contributed by atoms with E-state index in [1.54, 1.807) is 30.3 Å². The Bertz CT molecular complexity index is 1110. The summed E-state index contributed by atoms with van der Waals surface area (Å²) in [4.78, 5) is 28.3. The number of nitrogens with zero attached hydrogens (tertiary/aromatic N) is 1. The lowest BCUT2D eigenvalue weighted by molar-refractivity contribution is -0.143. The van der Waals surface area contributed by atoms with Crippen LogP contribution in [0.4, 0.5) is 0 Å². The fourth-order valence-electron chi connectivity index (χ4n) is 3.53. The largest absolute Gasteiger partial charge is 0.484 e. The van der Waals surface area contributed by atoms with Crippen LogP contribution in [0.25, 0.3) is 0 Å². The van der Waals surface area contributed by atoms with Crippen molar-refractivity contribution >= 4 is 35.0 Å². The average Bonchev–Trinajstić information content (AvgIpc) is 2.81. The van der Waals surface area contributed by atoms with Crippen molar-refractivity contribution in [3.8, 4) is 5.75 Å². The molecule has 3 aromatic rings. The molecule has 1 N–H and O–H groups in total. The van der Waals surface area contributed by atoms with Crippen LogP contribution in [0, 0.1) is 0 Å². The van der Waals surface area contributed by atoms with E-state index in [1.165, 1.54) is 4.90 Å². The maximum Gasteiger partial charge on any atom is 0.261 e. The van der Waals surface area contributed by atoms with Crippen LogP contribution in [0.15, 0.2) is 78.9 Å². The van der Waals surface area contributed by atoms with Crippen molar-refractivity contribution in [1.29, 1.82) is 0 Å². The quantitative estimate of drug-likeness (QED) is 0.399. The Labute approximate surface area is 210 Å². The van der Waals surface area contributed by atoms with E-state index in [-0.39, 0.29) is 31.0 Å². The van der Waals surface area contributed by atoms with Gasteiger partial charge in [0.2, 0.25) is 5.91 Å². The maximum absolute atomic E-state index is 13.5. The van der Waals surface area contributed by atoms with Gasteiger partial charge in [-0.25, -0.2) is 0 Å². The topological polar surface area (TPSA) is 58.6 Å². The molecule has 0 fully saturated rings. The van der Waals surface area contributed by atoms with E-state index in [0.29, 0.717) is 22.2 Å². The van der Waals surface area contributed by atoms with Gasteiger partial charge in [-0.15, -0.1) is 0 Å². The molecule has 7 heteroatoms. The molecule has 0 saturated carbocycles. The van der Waals surface area contributed by atoms with Crippen LogP contribution in [0.5, 0.6) is 5.75 Å². The third-order valence-corrected chi connectivity index (χ3v) is 5.76. The molecule has 5 nitrogen and oxygen atoms in total. The zero-order chi connectivity index (χ0) is 24.5. The summed E-state index contributed by atoms with van der Waals surface area (Å²) >= 11 is 12.4. The number of hydrogen-bond donors (Lipinski definition) is 1. The first-order chi connectivity index (χ1) is 16.3. The monoisotopic (exact) mass is 498 g/mol. The van der Waals surface area contributed by atoms with Gasteiger partial charge < -0.3 is 15.0 Å². The second kappa shape index (κ2) is 12.4. The zero-order valence-electron chi connectivity index (χ0n) is 19.2. The molecule has 0 unspecified atom stereocenters. The molecule has 0 bridgehead atoms. The Kier molecular flexibility index (Phi) is 9.37. The van der Waals surface area contributed by atoms with Crippen molar-refractivity contribution in [2.75, 3.05) is 6.61 Å². The molecule has 0 heterocycles. The summed E-state index contributed by atoms with van der Waals surface area (Å²) in [5.74, 6) is -0.0912. The SMILES string of the molecule is CC(C)NC(=O)[C@H](Cc1ccccc1)N(Cc1ccccc1Cl)C(=O)COc1cccc(Cl)c1. The molecule has 34 heavy (non-hydrogen) atoms. The fraction of sp³-hybridized carbons (Fsp3) is 0.259. The third kappa shape index (κ3) is 7.51. The number of hydrogen-bond acceptors (Lipinski definition) is 3. The van der Waals surface area contributed by atoms with Gasteiger partial charge in [-0.05, 0) is 49.2 Å². The van der Waals surface area contributed by atoms with Gasteiger partial charge in [-0.2, -0.15) is 0 Å². The third-order valence-electron chi connectivity index (χ3n) is 5.16. The van der Waals surface area contributed by atoms with Gasteiger partial charge in [0.05, 0.1) is 0 Å². The van der Waals surface area contributed by atoms with E-state index in [0.717, 1.165) is 11.1 Å². The molecule has 0 saturated heterocycles. The molecule has 0 radical (unpaired) electrons. The van der Waals surface area contributed by atoms with Crippen LogP contribution in [0.2, 0.25) is 10.0 Å². The highest BCUT2D eigenvalue weighted by molar-refractivity contribution is 6.31. The van der Waals surface area contributed by atoms with Gasteiger partial charge in [-0.1, -0.05) is 77.8 Å². The summed E-state index contributed by atoms with van der Waals surface area (Å²) in [6.45, 7) is 3.70. The smallest absolute Gasteiger partial charge is 0.261 e. The minimum absolute atomic E-state index is 0.0780. The number of nitrogens with one attached hydrogen (secondary N) is 1. The van der Waals surface area contributed by atoms with E-state index >= 15 is 0 Å². The molecule has 2 amide bonds. The highest BCUT2D eigenvalue weighted by Crippen LogP contribution is 2.22. The van der Waals surface area contributed by atoms with Crippen molar-refractivity contribution in [1.82, 2.24) is 10.2 Å². The lowest BCUT2D eigenvalue weighted by Gasteiger charge is -2.32. The Hall–Kier alpha value is -3.02. The summed E-state index contributed by atoms with van der Waals surface area (Å²) < 4.78 is 5.72. The van der Waals surface area contributed by atoms with Gasteiger partial charge >= 0.3 is 0 Å². The summed E-state index contributed by atoms with van der Waals surface area (Å²) in [5.41, 5.74) is 1.69. The molecule has 0 aliphatic heterocycles. The average molecular weight is 499 g/mol. The predicted molar refractivity (Wildman–Crippen MR) is 136 cm³/mol. The second-order valence-corrected chi connectivity index (χ2v) is 9.07. The van der Waals surface area contributed by atoms with Gasteiger partial charge in [0, 0.05) is 29.1 Å². The second-order valence-electron chi connectivity index (χ2n) is 8.23. The Morgan fingerprint density at radius 2 is 1.65 bits per heavy atom. The van der Waals surface area contributed by atoms with Crippen LogP contribution >= 0.6 is 23.2 Å². The Morgan fingerprint density at radius 1 is 0.941 bits per heavy atom. The first-order valence-electron chi connectivity index (χ1n) is 11.1. The van der Waals surface area contributed by atoms with E-state index in [4.69, 9.17) is 27.9 Å². The first-order valence-corrected chi connectivity index (χ1v) is 11.8. The summed E-state index contributed by atoms with van der Waals surface area (Å²) in [5, 5.41) is 3.99. The molecule has 3 aromatic carbocycles. The molecule has 0 spiro atoms. The number of amides is 2. The van der Waals surface area contributed by atoms with Crippen LogP contribution in [0.3, 0.4) is 0 Å². The van der Waals surface area contributed by atoms with Gasteiger partial charge in [0.25, 0.3) is 5.91 Å². The Balaban J connectivity index is 1.92. The lowest BCUT2D eigenvalue weighted by atomic mass is 10.0. The number of halogens is 2. The number of benzene rings is 3. The summed E-state index contributed by atoms with van der Waals surface area (Å²) in [6, 6.07) is 22.9. The molecule has 0 aromatic heterocycles. The van der Waals surface area contributed by atoms with E-state index in [9.17, 15) is 9.59 Å².